The number of fused-ring (bicyclic) bond motifs is 1. The molecule has 0 atom stereocenters. The Morgan fingerprint density at radius 2 is 1.74 bits per heavy atom. The average molecular weight is 316 g/mol. The van der Waals surface area contributed by atoms with Crippen LogP contribution in [0.25, 0.3) is 10.9 Å². The van der Waals surface area contributed by atoms with Gasteiger partial charge in [-0.3, -0.25) is 9.59 Å². The van der Waals surface area contributed by atoms with E-state index in [1.54, 1.807) is 29.2 Å². The number of carbonyl (C=O) groups excluding carboxylic acids is 1. The van der Waals surface area contributed by atoms with Crippen molar-refractivity contribution >= 4 is 16.8 Å². The summed E-state index contributed by atoms with van der Waals surface area (Å²) in [7, 11) is 0. The minimum atomic E-state index is -0.280. The first kappa shape index (κ1) is 17.1. The van der Waals surface area contributed by atoms with Crippen LogP contribution < -0.4 is 5.56 Å². The predicted molar refractivity (Wildman–Crippen MR) is 90.1 cm³/mol. The van der Waals surface area contributed by atoms with Gasteiger partial charge in [0.1, 0.15) is 12.1 Å². The van der Waals surface area contributed by atoms with Gasteiger partial charge in [-0.15, -0.1) is 5.10 Å². The molecule has 0 saturated heterocycles. The predicted octanol–water partition coefficient (Wildman–Crippen LogP) is 1.93. The summed E-state index contributed by atoms with van der Waals surface area (Å²) in [6.45, 7) is 9.56. The lowest BCUT2D eigenvalue weighted by atomic mass is 10.1. The Morgan fingerprint density at radius 1 is 1.13 bits per heavy atom. The molecule has 0 unspecified atom stereocenters. The molecular formula is C17H24N4O2. The number of hydrogen-bond acceptors (Lipinski definition) is 4. The first-order valence-corrected chi connectivity index (χ1v) is 7.98. The van der Waals surface area contributed by atoms with Gasteiger partial charge in [0.15, 0.2) is 0 Å². The highest BCUT2D eigenvalue weighted by atomic mass is 16.2. The molecule has 6 heteroatoms. The standard InChI is InChI=1S/C17H24N4O2/c1-12(2)9-20(10-13(3)4)16(22)11-21-17(23)14-7-5-6-8-15(14)18-19-21/h5-8,12-13H,9-11H2,1-4H3. The molecule has 0 aliphatic heterocycles. The molecule has 0 saturated carbocycles. The summed E-state index contributed by atoms with van der Waals surface area (Å²) in [5.74, 6) is 0.647. The van der Waals surface area contributed by atoms with E-state index < -0.39 is 0 Å². The van der Waals surface area contributed by atoms with Crippen LogP contribution >= 0.6 is 0 Å². The molecule has 124 valence electrons. The maximum absolute atomic E-state index is 12.6. The van der Waals surface area contributed by atoms with Gasteiger partial charge in [0.25, 0.3) is 5.56 Å². The van der Waals surface area contributed by atoms with Crippen LogP contribution in [0.5, 0.6) is 0 Å². The van der Waals surface area contributed by atoms with E-state index in [1.807, 2.05) is 0 Å². The normalized spacial score (nSPS) is 11.4. The Morgan fingerprint density at radius 3 is 2.35 bits per heavy atom. The van der Waals surface area contributed by atoms with E-state index in [2.05, 4.69) is 38.0 Å². The van der Waals surface area contributed by atoms with Crippen molar-refractivity contribution in [2.24, 2.45) is 11.8 Å². The number of carbonyl (C=O) groups is 1. The lowest BCUT2D eigenvalue weighted by Crippen LogP contribution is -2.41. The molecule has 2 aromatic rings. The van der Waals surface area contributed by atoms with Crippen LogP contribution in [0, 0.1) is 11.8 Å². The van der Waals surface area contributed by atoms with Crippen molar-refractivity contribution in [3.05, 3.63) is 34.6 Å². The molecule has 0 bridgehead atoms. The monoisotopic (exact) mass is 316 g/mol. The fraction of sp³-hybridized carbons (Fsp3) is 0.529. The molecule has 0 spiro atoms. The number of benzene rings is 1. The molecule has 2 rings (SSSR count). The molecule has 0 aliphatic carbocycles. The summed E-state index contributed by atoms with van der Waals surface area (Å²) in [6.07, 6.45) is 0. The third-order valence-electron chi connectivity index (χ3n) is 3.44. The van der Waals surface area contributed by atoms with Gasteiger partial charge < -0.3 is 4.90 Å². The fourth-order valence-electron chi connectivity index (χ4n) is 2.51. The molecule has 1 heterocycles. The molecule has 0 aliphatic rings. The zero-order valence-corrected chi connectivity index (χ0v) is 14.2. The Bertz CT molecular complexity index is 727. The van der Waals surface area contributed by atoms with E-state index in [-0.39, 0.29) is 18.0 Å². The van der Waals surface area contributed by atoms with Crippen molar-refractivity contribution in [3.63, 3.8) is 0 Å². The molecule has 0 radical (unpaired) electrons. The number of rotatable bonds is 6. The van der Waals surface area contributed by atoms with E-state index in [1.165, 1.54) is 0 Å². The van der Waals surface area contributed by atoms with Gasteiger partial charge in [-0.1, -0.05) is 45.0 Å². The minimum Gasteiger partial charge on any atom is -0.341 e. The Balaban J connectivity index is 2.24. The Hall–Kier alpha value is -2.24. The van der Waals surface area contributed by atoms with Crippen LogP contribution in [0.2, 0.25) is 0 Å². The number of hydrogen-bond donors (Lipinski definition) is 0. The van der Waals surface area contributed by atoms with Crippen molar-refractivity contribution in [1.82, 2.24) is 19.9 Å². The summed E-state index contributed by atoms with van der Waals surface area (Å²) in [6, 6.07) is 7.02. The second-order valence-corrected chi connectivity index (χ2v) is 6.66. The zero-order valence-electron chi connectivity index (χ0n) is 14.2. The van der Waals surface area contributed by atoms with Crippen LogP contribution in [0.4, 0.5) is 0 Å². The van der Waals surface area contributed by atoms with Crippen molar-refractivity contribution in [2.45, 2.75) is 34.2 Å². The smallest absolute Gasteiger partial charge is 0.278 e. The van der Waals surface area contributed by atoms with Crippen molar-refractivity contribution in [3.8, 4) is 0 Å². The summed E-state index contributed by atoms with van der Waals surface area (Å²) in [5.41, 5.74) is 0.264. The molecule has 1 aromatic carbocycles. The lowest BCUT2D eigenvalue weighted by molar-refractivity contribution is -0.133. The highest BCUT2D eigenvalue weighted by Gasteiger charge is 2.18. The number of amides is 1. The molecule has 0 fully saturated rings. The molecule has 23 heavy (non-hydrogen) atoms. The van der Waals surface area contributed by atoms with Crippen LogP contribution in [-0.2, 0) is 11.3 Å². The SMILES string of the molecule is CC(C)CN(CC(C)C)C(=O)Cn1nnc2ccccc2c1=O. The van der Waals surface area contributed by atoms with Gasteiger partial charge in [0.05, 0.1) is 5.39 Å². The number of aromatic nitrogens is 3. The Kier molecular flexibility index (Phi) is 5.47. The van der Waals surface area contributed by atoms with Crippen LogP contribution in [-0.4, -0.2) is 38.9 Å². The summed E-state index contributed by atoms with van der Waals surface area (Å²) >= 11 is 0. The first-order valence-electron chi connectivity index (χ1n) is 7.98. The van der Waals surface area contributed by atoms with Crippen molar-refractivity contribution in [1.29, 1.82) is 0 Å². The van der Waals surface area contributed by atoms with E-state index >= 15 is 0 Å². The first-order chi connectivity index (χ1) is 10.9. The second kappa shape index (κ2) is 7.35. The summed E-state index contributed by atoms with van der Waals surface area (Å²) < 4.78 is 1.15. The van der Waals surface area contributed by atoms with Gasteiger partial charge >= 0.3 is 0 Å². The largest absolute Gasteiger partial charge is 0.341 e. The van der Waals surface area contributed by atoms with Gasteiger partial charge in [-0.05, 0) is 24.0 Å². The minimum absolute atomic E-state index is 0.0733. The highest BCUT2D eigenvalue weighted by molar-refractivity contribution is 5.78. The number of nitrogens with zero attached hydrogens (tertiary/aromatic N) is 4. The maximum Gasteiger partial charge on any atom is 0.278 e. The van der Waals surface area contributed by atoms with Crippen LogP contribution in [0.15, 0.2) is 29.1 Å². The summed E-state index contributed by atoms with van der Waals surface area (Å²) in [5, 5.41) is 8.39. The molecule has 1 amide bonds. The topological polar surface area (TPSA) is 68.1 Å². The van der Waals surface area contributed by atoms with Gasteiger partial charge in [-0.25, -0.2) is 4.68 Å². The quantitative estimate of drug-likeness (QED) is 0.816. The lowest BCUT2D eigenvalue weighted by Gasteiger charge is -2.26. The highest BCUT2D eigenvalue weighted by Crippen LogP contribution is 2.06. The van der Waals surface area contributed by atoms with Gasteiger partial charge in [0.2, 0.25) is 5.91 Å². The third-order valence-corrected chi connectivity index (χ3v) is 3.44. The molecule has 0 N–H and O–H groups in total. The molecular weight excluding hydrogens is 292 g/mol. The average Bonchev–Trinajstić information content (AvgIpc) is 2.48. The van der Waals surface area contributed by atoms with Crippen LogP contribution in [0.3, 0.4) is 0 Å². The van der Waals surface area contributed by atoms with E-state index in [0.717, 1.165) is 4.68 Å². The Labute approximate surface area is 136 Å². The maximum atomic E-state index is 12.6. The van der Waals surface area contributed by atoms with E-state index in [9.17, 15) is 9.59 Å². The van der Waals surface area contributed by atoms with E-state index in [0.29, 0.717) is 35.8 Å². The van der Waals surface area contributed by atoms with E-state index in [4.69, 9.17) is 0 Å². The second-order valence-electron chi connectivity index (χ2n) is 6.66. The van der Waals surface area contributed by atoms with Crippen molar-refractivity contribution in [2.75, 3.05) is 13.1 Å². The third kappa shape index (κ3) is 4.37. The molecule has 1 aromatic heterocycles. The van der Waals surface area contributed by atoms with Gasteiger partial charge in [0, 0.05) is 13.1 Å². The summed E-state index contributed by atoms with van der Waals surface area (Å²) in [4.78, 5) is 26.8. The van der Waals surface area contributed by atoms with Gasteiger partial charge in [-0.2, -0.15) is 0 Å². The zero-order chi connectivity index (χ0) is 17.0. The van der Waals surface area contributed by atoms with Crippen molar-refractivity contribution < 1.29 is 4.79 Å². The molecule has 6 nitrogen and oxygen atoms in total. The van der Waals surface area contributed by atoms with Crippen LogP contribution in [0.1, 0.15) is 27.7 Å². The fourth-order valence-corrected chi connectivity index (χ4v) is 2.51.